The molecule has 4 N–H and O–H groups in total. The number of aliphatic hydroxyl groups is 2. The van der Waals surface area contributed by atoms with Crippen molar-refractivity contribution in [3.05, 3.63) is 48.6 Å². The molecule has 0 aliphatic carbocycles. The van der Waals surface area contributed by atoms with Crippen molar-refractivity contribution in [1.82, 2.24) is 10.6 Å². The molecule has 16 atom stereocenters. The van der Waals surface area contributed by atoms with Gasteiger partial charge in [-0.2, -0.15) is 0 Å². The van der Waals surface area contributed by atoms with Crippen LogP contribution in [0.1, 0.15) is 46.5 Å². The summed E-state index contributed by atoms with van der Waals surface area (Å²) in [7, 11) is 0.977. The SMILES string of the molecule is C=CCO[C@@H]1O[C@@H]2COC(c3ccccc3)O[C@@H]2[C@H](O[C@H]2O[C@H](CO)[C@H](O)[C@H](O[C@@H]3O[C@H](COC(C)=O)[C@H](OC(C)=O)[C@H](OC(C)=O)[C@H]3OC(=O)OC)[C@H]2NC(C)=O)[C@H]1NC(C)=O. The number of carbonyl (C=O) groups is 6. The molecule has 4 aliphatic rings. The van der Waals surface area contributed by atoms with Crippen LogP contribution in [0.15, 0.2) is 43.0 Å². The molecule has 4 saturated heterocycles. The Balaban J connectivity index is 1.58. The van der Waals surface area contributed by atoms with Gasteiger partial charge in [0.25, 0.3) is 0 Å². The smallest absolute Gasteiger partial charge is 0.463 e. The van der Waals surface area contributed by atoms with Crippen LogP contribution in [0.25, 0.3) is 0 Å². The molecule has 0 saturated carbocycles. The zero-order chi connectivity index (χ0) is 46.0. The average molecular weight is 899 g/mol. The number of hydrogen-bond donors (Lipinski definition) is 4. The van der Waals surface area contributed by atoms with Gasteiger partial charge in [-0.1, -0.05) is 36.4 Å². The van der Waals surface area contributed by atoms with Crippen LogP contribution in [-0.4, -0.2) is 172 Å². The van der Waals surface area contributed by atoms with Crippen molar-refractivity contribution in [3.8, 4) is 0 Å². The number of hydrogen-bond acceptors (Lipinski definition) is 21. The molecule has 0 radical (unpaired) electrons. The van der Waals surface area contributed by atoms with E-state index in [-0.39, 0.29) is 13.2 Å². The third-order valence-corrected chi connectivity index (χ3v) is 10.0. The van der Waals surface area contributed by atoms with Gasteiger partial charge in [-0.25, -0.2) is 4.79 Å². The maximum absolute atomic E-state index is 13.0. The minimum atomic E-state index is -1.92. The summed E-state index contributed by atoms with van der Waals surface area (Å²) in [5, 5.41) is 27.8. The van der Waals surface area contributed by atoms with E-state index < -0.39 is 147 Å². The number of amides is 2. The summed E-state index contributed by atoms with van der Waals surface area (Å²) in [6, 6.07) is 6.23. The van der Waals surface area contributed by atoms with Gasteiger partial charge in [0.15, 0.2) is 43.5 Å². The molecule has 350 valence electrons. The number of fused-ring (bicyclic) bond motifs is 1. The van der Waals surface area contributed by atoms with Gasteiger partial charge in [-0.3, -0.25) is 24.0 Å². The molecule has 0 aromatic heterocycles. The average Bonchev–Trinajstić information content (AvgIpc) is 3.23. The summed E-state index contributed by atoms with van der Waals surface area (Å²) in [5.41, 5.74) is 0.643. The number of nitrogens with one attached hydrogen (secondary N) is 2. The molecular formula is C40H54N2O21. The van der Waals surface area contributed by atoms with Gasteiger partial charge in [-0.15, -0.1) is 6.58 Å². The lowest BCUT2D eigenvalue weighted by Gasteiger charge is -2.52. The first-order valence-corrected chi connectivity index (χ1v) is 19.9. The molecule has 4 aliphatic heterocycles. The molecule has 23 nitrogen and oxygen atoms in total. The molecule has 2 amide bonds. The molecule has 63 heavy (non-hydrogen) atoms. The molecule has 23 heteroatoms. The number of methoxy groups -OCH3 is 1. The topological polar surface area (TPSA) is 287 Å². The van der Waals surface area contributed by atoms with Crippen molar-refractivity contribution in [2.24, 2.45) is 0 Å². The van der Waals surface area contributed by atoms with Gasteiger partial charge >= 0.3 is 24.1 Å². The summed E-state index contributed by atoms with van der Waals surface area (Å²) < 4.78 is 76.3. The molecule has 1 unspecified atom stereocenters. The van der Waals surface area contributed by atoms with Crippen molar-refractivity contribution in [2.45, 2.75) is 133 Å². The highest BCUT2D eigenvalue weighted by atomic mass is 16.8. The Kier molecular flexibility index (Phi) is 17.7. The predicted molar refractivity (Wildman–Crippen MR) is 205 cm³/mol. The lowest BCUT2D eigenvalue weighted by atomic mass is 9.93. The fourth-order valence-corrected chi connectivity index (χ4v) is 7.52. The molecule has 0 bridgehead atoms. The van der Waals surface area contributed by atoms with E-state index in [2.05, 4.69) is 17.2 Å². The zero-order valence-corrected chi connectivity index (χ0v) is 35.4. The molecule has 0 spiro atoms. The number of esters is 3. The first-order valence-electron chi connectivity index (χ1n) is 19.9. The third kappa shape index (κ3) is 12.7. The largest absolute Gasteiger partial charge is 0.508 e. The third-order valence-electron chi connectivity index (χ3n) is 10.0. The highest BCUT2D eigenvalue weighted by Gasteiger charge is 2.58. The second kappa shape index (κ2) is 22.7. The molecule has 4 heterocycles. The van der Waals surface area contributed by atoms with Crippen LogP contribution in [0.2, 0.25) is 0 Å². The van der Waals surface area contributed by atoms with Crippen LogP contribution >= 0.6 is 0 Å². The van der Waals surface area contributed by atoms with E-state index in [0.29, 0.717) is 5.56 Å². The van der Waals surface area contributed by atoms with Gasteiger partial charge in [0.2, 0.25) is 11.8 Å². The first-order chi connectivity index (χ1) is 30.0. The van der Waals surface area contributed by atoms with Crippen molar-refractivity contribution in [2.75, 3.05) is 33.5 Å². The Hall–Kier alpha value is -4.82. The van der Waals surface area contributed by atoms with Gasteiger partial charge < -0.3 is 82.4 Å². The van der Waals surface area contributed by atoms with Gasteiger partial charge in [0, 0.05) is 40.2 Å². The second-order valence-electron chi connectivity index (χ2n) is 14.7. The van der Waals surface area contributed by atoms with Crippen molar-refractivity contribution in [1.29, 1.82) is 0 Å². The maximum Gasteiger partial charge on any atom is 0.508 e. The van der Waals surface area contributed by atoms with Crippen LogP contribution in [0.4, 0.5) is 4.79 Å². The monoisotopic (exact) mass is 898 g/mol. The summed E-state index contributed by atoms with van der Waals surface area (Å²) in [6.45, 7) is 7.69. The Bertz CT molecular complexity index is 1750. The number of benzene rings is 1. The number of ether oxygens (including phenoxy) is 13. The zero-order valence-electron chi connectivity index (χ0n) is 35.4. The Morgan fingerprint density at radius 3 is 1.95 bits per heavy atom. The fraction of sp³-hybridized carbons (Fsp3) is 0.650. The Morgan fingerprint density at radius 1 is 0.746 bits per heavy atom. The van der Waals surface area contributed by atoms with Gasteiger partial charge in [0.05, 0.1) is 26.9 Å². The number of aliphatic hydroxyl groups excluding tert-OH is 2. The van der Waals surface area contributed by atoms with E-state index in [1.165, 1.54) is 13.0 Å². The predicted octanol–water partition coefficient (Wildman–Crippen LogP) is -0.811. The maximum atomic E-state index is 13.0. The van der Waals surface area contributed by atoms with Crippen molar-refractivity contribution < 1.29 is 101 Å². The lowest BCUT2D eigenvalue weighted by molar-refractivity contribution is -0.378. The molecular weight excluding hydrogens is 844 g/mol. The van der Waals surface area contributed by atoms with Crippen molar-refractivity contribution in [3.63, 3.8) is 0 Å². The van der Waals surface area contributed by atoms with E-state index in [4.69, 9.17) is 61.6 Å². The van der Waals surface area contributed by atoms with Crippen molar-refractivity contribution >= 4 is 35.9 Å². The van der Waals surface area contributed by atoms with E-state index in [9.17, 15) is 39.0 Å². The van der Waals surface area contributed by atoms with Crippen LogP contribution in [0.3, 0.4) is 0 Å². The van der Waals surface area contributed by atoms with E-state index in [0.717, 1.165) is 34.8 Å². The minimum absolute atomic E-state index is 0.0242. The van der Waals surface area contributed by atoms with Crippen LogP contribution in [0.5, 0.6) is 0 Å². The van der Waals surface area contributed by atoms with E-state index >= 15 is 0 Å². The summed E-state index contributed by atoms with van der Waals surface area (Å²) in [6.07, 6.45) is -20.5. The normalized spacial score (nSPS) is 35.1. The minimum Gasteiger partial charge on any atom is -0.463 e. The Morgan fingerprint density at radius 2 is 1.37 bits per heavy atom. The molecule has 5 rings (SSSR count). The lowest BCUT2D eigenvalue weighted by Crippen LogP contribution is -2.72. The summed E-state index contributed by atoms with van der Waals surface area (Å²) in [4.78, 5) is 75.3. The van der Waals surface area contributed by atoms with Crippen LogP contribution in [-0.2, 0) is 85.6 Å². The second-order valence-corrected chi connectivity index (χ2v) is 14.7. The molecule has 1 aromatic rings. The highest BCUT2D eigenvalue weighted by molar-refractivity contribution is 5.74. The molecule has 4 fully saturated rings. The van der Waals surface area contributed by atoms with Gasteiger partial charge in [-0.05, 0) is 0 Å². The highest BCUT2D eigenvalue weighted by Crippen LogP contribution is 2.39. The fourth-order valence-electron chi connectivity index (χ4n) is 7.52. The summed E-state index contributed by atoms with van der Waals surface area (Å²) in [5.74, 6) is -3.84. The van der Waals surface area contributed by atoms with Gasteiger partial charge in [0.1, 0.15) is 61.4 Å². The standard InChI is InChI=1S/C40H54N2O21/c1-8-14-52-37-28(42-19(3)45)33(30-26(58-37)17-54-36(60-30)23-12-10-9-11-13-23)62-38-27(41-18(2)44)32(29(49)24(15-43)57-38)61-39-35(63-40(50)51-7)34(56-22(6)48)31(55-21(5)47)25(59-39)16-53-20(4)46/h8-13,24-39,43,49H,1,14-17H2,2-7H3,(H,41,44)(H,42,45)/t24-,25-,26-,27-,28-,29+,30+,31+,32-,33-,34+,35-,36?,37-,38-,39+/m1/s1. The number of carbonyl (C=O) groups excluding carboxylic acids is 6. The van der Waals surface area contributed by atoms with E-state index in [1.807, 2.05) is 6.07 Å². The first kappa shape index (κ1) is 49.2. The van der Waals surface area contributed by atoms with Crippen LogP contribution in [0, 0.1) is 0 Å². The van der Waals surface area contributed by atoms with Crippen LogP contribution < -0.4 is 10.6 Å². The van der Waals surface area contributed by atoms with E-state index in [1.54, 1.807) is 24.3 Å². The Labute approximate surface area is 361 Å². The summed E-state index contributed by atoms with van der Waals surface area (Å²) >= 11 is 0. The number of rotatable bonds is 16. The quantitative estimate of drug-likeness (QED) is 0.0896. The molecule has 1 aromatic carbocycles.